The van der Waals surface area contributed by atoms with Crippen molar-refractivity contribution in [1.29, 1.82) is 0 Å². The fourth-order valence-corrected chi connectivity index (χ4v) is 5.36. The Bertz CT molecular complexity index is 753. The monoisotopic (exact) mass is 510 g/mol. The van der Waals surface area contributed by atoms with Crippen molar-refractivity contribution in [3.05, 3.63) is 96.6 Å². The van der Waals surface area contributed by atoms with Gasteiger partial charge in [0.1, 0.15) is 16.5 Å². The molecule has 0 aliphatic carbocycles. The summed E-state index contributed by atoms with van der Waals surface area (Å²) >= 11 is -0.517. The molecule has 27 heavy (non-hydrogen) atoms. The molecule has 0 bridgehead atoms. The molecule has 3 aromatic rings. The van der Waals surface area contributed by atoms with E-state index in [1.54, 1.807) is 0 Å². The Balaban J connectivity index is 0.000000223. The second-order valence-electron chi connectivity index (χ2n) is 5.11. The molecule has 0 fully saturated rings. The molecule has 2 unspecified atom stereocenters. The van der Waals surface area contributed by atoms with Gasteiger partial charge in [0.25, 0.3) is 0 Å². The minimum absolute atomic E-state index is 0.517. The average Bonchev–Trinajstić information content (AvgIpc) is 2.64. The van der Waals surface area contributed by atoms with Crippen molar-refractivity contribution in [2.75, 3.05) is 0 Å². The molecule has 8 heteroatoms. The zero-order chi connectivity index (χ0) is 19.9. The van der Waals surface area contributed by atoms with E-state index in [4.69, 9.17) is 0 Å². The molecule has 0 saturated heterocycles. The Morgan fingerprint density at radius 3 is 1.22 bits per heavy atom. The van der Waals surface area contributed by atoms with Gasteiger partial charge in [-0.3, -0.25) is 4.31 Å². The van der Waals surface area contributed by atoms with Gasteiger partial charge in [-0.1, -0.05) is 35.9 Å². The van der Waals surface area contributed by atoms with E-state index >= 15 is 0 Å². The quantitative estimate of drug-likeness (QED) is 0.396. The molecule has 0 radical (unpaired) electrons. The molecule has 0 saturated carbocycles. The topological polar surface area (TPSA) is 89.5 Å². The van der Waals surface area contributed by atoms with E-state index in [1.807, 2.05) is 18.2 Å². The summed E-state index contributed by atoms with van der Waals surface area (Å²) < 4.78 is 24.9. The van der Waals surface area contributed by atoms with Gasteiger partial charge in [0.2, 0.25) is 0 Å². The van der Waals surface area contributed by atoms with Crippen LogP contribution in [0.25, 0.3) is 0 Å². The van der Waals surface area contributed by atoms with Crippen LogP contribution in [0, 0.1) is 6.92 Å². The SMILES string of the molecule is Cc1ccccc1.O=[PH]([O-])O[PH](=O)[O-].c1cc[c]([Sn+2][c]2ccccc2)cc1. The molecule has 0 aliphatic heterocycles. The molecular weight excluding hydrogens is 489 g/mol. The normalized spacial score (nSPS) is 11.5. The van der Waals surface area contributed by atoms with Gasteiger partial charge in [-0.05, 0) is 6.92 Å². The summed E-state index contributed by atoms with van der Waals surface area (Å²) in [6, 6.07) is 31.9. The van der Waals surface area contributed by atoms with Crippen LogP contribution in [0.5, 0.6) is 0 Å². The van der Waals surface area contributed by atoms with E-state index in [-0.39, 0.29) is 0 Å². The van der Waals surface area contributed by atoms with Crippen LogP contribution in [-0.2, 0) is 13.4 Å². The molecule has 0 N–H and O–H groups in total. The van der Waals surface area contributed by atoms with Crippen LogP contribution in [0.2, 0.25) is 0 Å². The summed E-state index contributed by atoms with van der Waals surface area (Å²) in [4.78, 5) is 18.6. The van der Waals surface area contributed by atoms with Crippen molar-refractivity contribution >= 4 is 44.8 Å². The van der Waals surface area contributed by atoms with Crippen LogP contribution in [0.1, 0.15) is 5.56 Å². The molecule has 3 rings (SSSR count). The molecule has 2 atom stereocenters. The van der Waals surface area contributed by atoms with Crippen molar-refractivity contribution in [2.24, 2.45) is 0 Å². The van der Waals surface area contributed by atoms with Crippen molar-refractivity contribution in [3.63, 3.8) is 0 Å². The summed E-state index contributed by atoms with van der Waals surface area (Å²) in [5, 5.41) is 0. The van der Waals surface area contributed by atoms with Gasteiger partial charge in [-0.15, -0.1) is 0 Å². The van der Waals surface area contributed by atoms with Crippen LogP contribution in [-0.4, -0.2) is 21.1 Å². The van der Waals surface area contributed by atoms with Gasteiger partial charge in [0, 0.05) is 0 Å². The molecule has 140 valence electrons. The number of hydrogen-bond donors (Lipinski definition) is 0. The average molecular weight is 509 g/mol. The van der Waals surface area contributed by atoms with Crippen LogP contribution in [0.15, 0.2) is 91.0 Å². The fraction of sp³-hybridized carbons (Fsp3) is 0.0526. The summed E-state index contributed by atoms with van der Waals surface area (Å²) in [6.45, 7) is 2.08. The fourth-order valence-electron chi connectivity index (χ4n) is 1.81. The van der Waals surface area contributed by atoms with Gasteiger partial charge < -0.3 is 18.9 Å². The molecular formula is C19H20O5P2Sn. The number of hydrogen-bond acceptors (Lipinski definition) is 5. The van der Waals surface area contributed by atoms with E-state index in [0.29, 0.717) is 0 Å². The van der Waals surface area contributed by atoms with Crippen molar-refractivity contribution in [2.45, 2.75) is 6.92 Å². The molecule has 5 nitrogen and oxygen atoms in total. The Morgan fingerprint density at radius 1 is 0.667 bits per heavy atom. The van der Waals surface area contributed by atoms with Crippen molar-refractivity contribution in [3.8, 4) is 0 Å². The molecule has 0 heterocycles. The molecule has 0 amide bonds. The van der Waals surface area contributed by atoms with E-state index in [1.165, 1.54) is 12.7 Å². The zero-order valence-corrected chi connectivity index (χ0v) is 19.6. The van der Waals surface area contributed by atoms with E-state index in [0.717, 1.165) is 0 Å². The number of aryl methyl sites for hydroxylation is 1. The first-order valence-corrected chi connectivity index (χ1v) is 13.3. The van der Waals surface area contributed by atoms with Gasteiger partial charge in [0.15, 0.2) is 0 Å². The van der Waals surface area contributed by atoms with Crippen LogP contribution >= 0.6 is 16.5 Å². The van der Waals surface area contributed by atoms with Crippen LogP contribution in [0.4, 0.5) is 0 Å². The van der Waals surface area contributed by atoms with Gasteiger partial charge >= 0.3 is 89.0 Å². The van der Waals surface area contributed by atoms with Crippen LogP contribution < -0.4 is 16.9 Å². The molecule has 0 spiro atoms. The maximum absolute atomic E-state index is 9.29. The van der Waals surface area contributed by atoms with Crippen molar-refractivity contribution in [1.82, 2.24) is 0 Å². The summed E-state index contributed by atoms with van der Waals surface area (Å²) in [7, 11) is -7.03. The molecule has 0 aliphatic rings. The number of benzene rings is 3. The third-order valence-corrected chi connectivity index (χ3v) is 7.83. The van der Waals surface area contributed by atoms with Gasteiger partial charge in [0.05, 0.1) is 0 Å². The second-order valence-corrected chi connectivity index (χ2v) is 10.9. The maximum atomic E-state index is 9.29. The second kappa shape index (κ2) is 14.8. The third-order valence-electron chi connectivity index (χ3n) is 2.94. The van der Waals surface area contributed by atoms with Gasteiger partial charge in [-0.2, -0.15) is 0 Å². The molecule has 0 aromatic heterocycles. The van der Waals surface area contributed by atoms with Crippen molar-refractivity contribution < 1.29 is 23.2 Å². The Labute approximate surface area is 171 Å². The first kappa shape index (κ1) is 23.8. The van der Waals surface area contributed by atoms with E-state index < -0.39 is 37.7 Å². The standard InChI is InChI=1S/C7H8.2C6H5.H4O5P2.Sn/c1-7-5-3-2-4-6-7;2*1-2-4-6-5-3-1;1-6(2)5-7(3)4;/h2-6H,1H3;2*1-5H;6-7H,(H,1,2)(H,3,4);/q;;;;+2/p-2. The summed E-state index contributed by atoms with van der Waals surface area (Å²) in [5.74, 6) is 0. The minimum atomic E-state index is -3.51. The Kier molecular flexibility index (Phi) is 13.1. The first-order valence-electron chi connectivity index (χ1n) is 7.96. The third kappa shape index (κ3) is 13.6. The molecule has 3 aromatic carbocycles. The Morgan fingerprint density at radius 2 is 1.00 bits per heavy atom. The first-order chi connectivity index (χ1) is 13.0. The zero-order valence-electron chi connectivity index (χ0n) is 14.7. The van der Waals surface area contributed by atoms with Gasteiger partial charge in [-0.25, -0.2) is 0 Å². The Hall–Kier alpha value is -1.20. The van der Waals surface area contributed by atoms with E-state index in [9.17, 15) is 18.9 Å². The summed E-state index contributed by atoms with van der Waals surface area (Å²) in [6.07, 6.45) is 0. The predicted octanol–water partition coefficient (Wildman–Crippen LogP) is 1.84. The number of rotatable bonds is 4. The summed E-state index contributed by atoms with van der Waals surface area (Å²) in [5.41, 5.74) is 1.32. The van der Waals surface area contributed by atoms with Crippen LogP contribution in [0.3, 0.4) is 0 Å². The predicted molar refractivity (Wildman–Crippen MR) is 108 cm³/mol. The van der Waals surface area contributed by atoms with E-state index in [2.05, 4.69) is 84.0 Å².